The van der Waals surface area contributed by atoms with E-state index in [2.05, 4.69) is 41.7 Å². The van der Waals surface area contributed by atoms with Crippen molar-refractivity contribution in [1.29, 1.82) is 0 Å². The molecule has 1 aromatic rings. The molecule has 1 heterocycles. The van der Waals surface area contributed by atoms with Gasteiger partial charge in [-0.3, -0.25) is 0 Å². The van der Waals surface area contributed by atoms with Gasteiger partial charge in [-0.1, -0.05) is 24.3 Å². The van der Waals surface area contributed by atoms with Gasteiger partial charge in [0, 0.05) is 11.4 Å². The lowest BCUT2D eigenvalue weighted by Crippen LogP contribution is -2.02. The Morgan fingerprint density at radius 1 is 1.00 bits per heavy atom. The molecule has 0 aromatic heterocycles. The highest BCUT2D eigenvalue weighted by atomic mass is 14.9. The average Bonchev–Trinajstić information content (AvgIpc) is 2.48. The number of hydrogen-bond acceptors (Lipinski definition) is 1. The van der Waals surface area contributed by atoms with E-state index in [-0.39, 0.29) is 0 Å². The van der Waals surface area contributed by atoms with Crippen molar-refractivity contribution in [2.75, 3.05) is 5.32 Å². The van der Waals surface area contributed by atoms with Crippen LogP contribution in [0.15, 0.2) is 47.7 Å². The van der Waals surface area contributed by atoms with E-state index in [1.807, 2.05) is 0 Å². The Labute approximate surface area is 90.5 Å². The Morgan fingerprint density at radius 2 is 1.93 bits per heavy atom. The van der Waals surface area contributed by atoms with E-state index in [1.54, 1.807) is 5.57 Å². The van der Waals surface area contributed by atoms with Gasteiger partial charge in [-0.05, 0) is 49.0 Å². The second-order valence-corrected chi connectivity index (χ2v) is 4.24. The van der Waals surface area contributed by atoms with Crippen molar-refractivity contribution < 1.29 is 0 Å². The van der Waals surface area contributed by atoms with E-state index < -0.39 is 0 Å². The van der Waals surface area contributed by atoms with E-state index in [1.165, 1.54) is 42.6 Å². The molecule has 0 spiro atoms. The number of allylic oxidation sites excluding steroid dienone is 3. The summed E-state index contributed by atoms with van der Waals surface area (Å²) in [5.41, 5.74) is 5.66. The fourth-order valence-corrected chi connectivity index (χ4v) is 2.39. The number of benzene rings is 1. The minimum absolute atomic E-state index is 1.18. The third kappa shape index (κ3) is 1.58. The molecule has 0 radical (unpaired) electrons. The van der Waals surface area contributed by atoms with E-state index in [9.17, 15) is 0 Å². The Balaban J connectivity index is 2.01. The molecule has 1 N–H and O–H groups in total. The van der Waals surface area contributed by atoms with Crippen molar-refractivity contribution >= 4 is 5.69 Å². The van der Waals surface area contributed by atoms with E-state index in [0.717, 1.165) is 0 Å². The monoisotopic (exact) mass is 197 g/mol. The van der Waals surface area contributed by atoms with Gasteiger partial charge in [0.05, 0.1) is 0 Å². The standard InChI is InChI=1S/C14H15N/c1-3-7-13-11(5-1)9-10-12-6-2-4-8-14(12)15-13/h1,3-5,7-8,15H,2,6,9-10H2. The normalized spacial score (nSPS) is 18.9. The molecular weight excluding hydrogens is 182 g/mol. The van der Waals surface area contributed by atoms with Gasteiger partial charge in [-0.2, -0.15) is 0 Å². The summed E-state index contributed by atoms with van der Waals surface area (Å²) in [7, 11) is 0. The Bertz CT molecular complexity index is 440. The van der Waals surface area contributed by atoms with Crippen LogP contribution in [0.2, 0.25) is 0 Å². The summed E-state index contributed by atoms with van der Waals surface area (Å²) in [5, 5.41) is 3.55. The lowest BCUT2D eigenvalue weighted by molar-refractivity contribution is 0.837. The molecular formula is C14H15N. The summed E-state index contributed by atoms with van der Waals surface area (Å²) >= 11 is 0. The van der Waals surface area contributed by atoms with Gasteiger partial charge in [0.1, 0.15) is 0 Å². The first-order valence-electron chi connectivity index (χ1n) is 5.67. The molecule has 76 valence electrons. The number of anilines is 1. The van der Waals surface area contributed by atoms with Crippen LogP contribution in [0.5, 0.6) is 0 Å². The summed E-state index contributed by atoms with van der Waals surface area (Å²) in [6.07, 6.45) is 9.32. The van der Waals surface area contributed by atoms with Crippen LogP contribution < -0.4 is 5.32 Å². The molecule has 0 unspecified atom stereocenters. The first-order chi connectivity index (χ1) is 7.43. The van der Waals surface area contributed by atoms with Crippen LogP contribution in [0, 0.1) is 0 Å². The SMILES string of the molecule is C1=CC2=C(CC1)CCc1ccccc1N2. The van der Waals surface area contributed by atoms with Crippen LogP contribution in [0.1, 0.15) is 24.8 Å². The van der Waals surface area contributed by atoms with Crippen LogP contribution in [-0.2, 0) is 6.42 Å². The van der Waals surface area contributed by atoms with Crippen molar-refractivity contribution in [3.05, 3.63) is 53.3 Å². The molecule has 0 atom stereocenters. The largest absolute Gasteiger partial charge is 0.355 e. The first-order valence-corrected chi connectivity index (χ1v) is 5.67. The fraction of sp³-hybridized carbons (Fsp3) is 0.286. The van der Waals surface area contributed by atoms with Gasteiger partial charge in [-0.15, -0.1) is 0 Å². The molecule has 0 fully saturated rings. The van der Waals surface area contributed by atoms with Crippen LogP contribution >= 0.6 is 0 Å². The maximum Gasteiger partial charge on any atom is 0.0416 e. The van der Waals surface area contributed by atoms with Gasteiger partial charge in [0.25, 0.3) is 0 Å². The highest BCUT2D eigenvalue weighted by Crippen LogP contribution is 2.30. The van der Waals surface area contributed by atoms with Crippen LogP contribution in [-0.4, -0.2) is 0 Å². The maximum absolute atomic E-state index is 3.55. The highest BCUT2D eigenvalue weighted by molar-refractivity contribution is 5.59. The lowest BCUT2D eigenvalue weighted by atomic mass is 9.97. The summed E-state index contributed by atoms with van der Waals surface area (Å²) in [6, 6.07) is 8.63. The van der Waals surface area contributed by atoms with Crippen LogP contribution in [0.3, 0.4) is 0 Å². The zero-order valence-corrected chi connectivity index (χ0v) is 8.79. The third-order valence-corrected chi connectivity index (χ3v) is 3.26. The molecule has 2 aliphatic rings. The molecule has 0 saturated carbocycles. The summed E-state index contributed by atoms with van der Waals surface area (Å²) in [5.74, 6) is 0. The van der Waals surface area contributed by atoms with E-state index in [0.29, 0.717) is 0 Å². The number of nitrogens with one attached hydrogen (secondary N) is 1. The quantitative estimate of drug-likeness (QED) is 0.669. The molecule has 3 rings (SSSR count). The smallest absolute Gasteiger partial charge is 0.0416 e. The molecule has 15 heavy (non-hydrogen) atoms. The van der Waals surface area contributed by atoms with E-state index >= 15 is 0 Å². The van der Waals surface area contributed by atoms with Gasteiger partial charge in [0.2, 0.25) is 0 Å². The number of rotatable bonds is 0. The predicted molar refractivity (Wildman–Crippen MR) is 63.8 cm³/mol. The number of fused-ring (bicyclic) bond motifs is 1. The Morgan fingerprint density at radius 3 is 2.93 bits per heavy atom. The molecule has 0 bridgehead atoms. The van der Waals surface area contributed by atoms with Crippen LogP contribution in [0.4, 0.5) is 5.69 Å². The Hall–Kier alpha value is -1.50. The zero-order valence-electron chi connectivity index (χ0n) is 8.79. The summed E-state index contributed by atoms with van der Waals surface area (Å²) in [6.45, 7) is 0. The molecule has 1 aliphatic carbocycles. The maximum atomic E-state index is 3.55. The minimum Gasteiger partial charge on any atom is -0.355 e. The second kappa shape index (κ2) is 3.58. The van der Waals surface area contributed by atoms with Crippen molar-refractivity contribution in [3.8, 4) is 0 Å². The fourth-order valence-electron chi connectivity index (χ4n) is 2.39. The predicted octanol–water partition coefficient (Wildman–Crippen LogP) is 3.65. The van der Waals surface area contributed by atoms with Crippen molar-refractivity contribution in [3.63, 3.8) is 0 Å². The van der Waals surface area contributed by atoms with E-state index in [4.69, 9.17) is 0 Å². The van der Waals surface area contributed by atoms with Crippen molar-refractivity contribution in [2.24, 2.45) is 0 Å². The Kier molecular flexibility index (Phi) is 2.09. The van der Waals surface area contributed by atoms with Crippen molar-refractivity contribution in [2.45, 2.75) is 25.7 Å². The molecule has 0 amide bonds. The molecule has 1 nitrogen and oxygen atoms in total. The number of para-hydroxylation sites is 1. The number of hydrogen-bond donors (Lipinski definition) is 1. The molecule has 0 saturated heterocycles. The second-order valence-electron chi connectivity index (χ2n) is 4.24. The summed E-state index contributed by atoms with van der Waals surface area (Å²) in [4.78, 5) is 0. The molecule has 1 aliphatic heterocycles. The first kappa shape index (κ1) is 8.78. The zero-order chi connectivity index (χ0) is 10.1. The number of aryl methyl sites for hydroxylation is 1. The van der Waals surface area contributed by atoms with Crippen LogP contribution in [0.25, 0.3) is 0 Å². The third-order valence-electron chi connectivity index (χ3n) is 3.26. The summed E-state index contributed by atoms with van der Waals surface area (Å²) < 4.78 is 0. The van der Waals surface area contributed by atoms with Crippen molar-refractivity contribution in [1.82, 2.24) is 0 Å². The molecule has 1 aromatic carbocycles. The van der Waals surface area contributed by atoms with Gasteiger partial charge < -0.3 is 5.32 Å². The topological polar surface area (TPSA) is 12.0 Å². The van der Waals surface area contributed by atoms with Gasteiger partial charge >= 0.3 is 0 Å². The lowest BCUT2D eigenvalue weighted by Gasteiger charge is -2.14. The minimum atomic E-state index is 1.18. The highest BCUT2D eigenvalue weighted by Gasteiger charge is 2.14. The molecule has 1 heteroatoms. The average molecular weight is 197 g/mol. The van der Waals surface area contributed by atoms with Gasteiger partial charge in [-0.25, -0.2) is 0 Å². The van der Waals surface area contributed by atoms with Gasteiger partial charge in [0.15, 0.2) is 0 Å².